The lowest BCUT2D eigenvalue weighted by molar-refractivity contribution is -0.125. The van der Waals surface area contributed by atoms with Gasteiger partial charge in [0.25, 0.3) is 5.91 Å². The number of aldehydes is 1. The van der Waals surface area contributed by atoms with Gasteiger partial charge in [0.15, 0.2) is 0 Å². The average Bonchev–Trinajstić information content (AvgIpc) is 3.14. The van der Waals surface area contributed by atoms with Gasteiger partial charge in [0.1, 0.15) is 12.3 Å². The third kappa shape index (κ3) is 6.13. The van der Waals surface area contributed by atoms with Crippen molar-refractivity contribution in [1.82, 2.24) is 15.1 Å². The molecule has 2 unspecified atom stereocenters. The van der Waals surface area contributed by atoms with E-state index in [9.17, 15) is 14.4 Å². The molecule has 2 atom stereocenters. The summed E-state index contributed by atoms with van der Waals surface area (Å²) in [7, 11) is 1.57. The Morgan fingerprint density at radius 2 is 2.03 bits per heavy atom. The number of hydrogen-bond acceptors (Lipinski definition) is 5. The summed E-state index contributed by atoms with van der Waals surface area (Å²) in [6.07, 6.45) is 9.08. The van der Waals surface area contributed by atoms with Crippen molar-refractivity contribution in [3.8, 4) is 0 Å². The van der Waals surface area contributed by atoms with E-state index in [0.29, 0.717) is 18.5 Å². The first kappa shape index (κ1) is 24.8. The highest BCUT2D eigenvalue weighted by Crippen LogP contribution is 2.34. The molecule has 0 spiro atoms. The fourth-order valence-electron chi connectivity index (χ4n) is 4.57. The van der Waals surface area contributed by atoms with Gasteiger partial charge < -0.3 is 19.9 Å². The molecule has 2 aliphatic rings. The molecule has 32 heavy (non-hydrogen) atoms. The van der Waals surface area contributed by atoms with Crippen LogP contribution in [-0.4, -0.2) is 65.9 Å². The van der Waals surface area contributed by atoms with Crippen molar-refractivity contribution in [2.75, 3.05) is 25.9 Å². The van der Waals surface area contributed by atoms with Gasteiger partial charge in [-0.2, -0.15) is 0 Å². The van der Waals surface area contributed by atoms with Crippen LogP contribution in [0.25, 0.3) is 0 Å². The summed E-state index contributed by atoms with van der Waals surface area (Å²) in [5.41, 5.74) is 1.71. The van der Waals surface area contributed by atoms with Gasteiger partial charge >= 0.3 is 0 Å². The van der Waals surface area contributed by atoms with Crippen LogP contribution in [-0.2, 0) is 16.1 Å². The molecule has 176 valence electrons. The van der Waals surface area contributed by atoms with Crippen molar-refractivity contribution >= 4 is 29.9 Å². The maximum atomic E-state index is 13.0. The third-order valence-electron chi connectivity index (χ3n) is 6.74. The van der Waals surface area contributed by atoms with Crippen LogP contribution < -0.4 is 5.32 Å². The van der Waals surface area contributed by atoms with Crippen molar-refractivity contribution in [2.24, 2.45) is 0 Å². The minimum atomic E-state index is -0.609. The van der Waals surface area contributed by atoms with Crippen molar-refractivity contribution in [3.63, 3.8) is 0 Å². The van der Waals surface area contributed by atoms with Gasteiger partial charge in [-0.25, -0.2) is 0 Å². The normalized spacial score (nSPS) is 18.9. The quantitative estimate of drug-likeness (QED) is 0.260. The zero-order valence-electron chi connectivity index (χ0n) is 19.5. The Bertz CT molecular complexity index is 801. The molecule has 0 saturated carbocycles. The number of amides is 2. The lowest BCUT2D eigenvalue weighted by Crippen LogP contribution is -2.46. The molecular weight excluding hydrogens is 422 g/mol. The van der Waals surface area contributed by atoms with Crippen LogP contribution in [0, 0.1) is 0 Å². The molecule has 3 rings (SSSR count). The molecular formula is C25H37N3O3S. The summed E-state index contributed by atoms with van der Waals surface area (Å²) in [6, 6.07) is 6.04. The molecule has 0 aliphatic carbocycles. The number of fused-ring (bicyclic) bond motifs is 1. The number of carbonyl (C=O) groups is 3. The second-order valence-corrected chi connectivity index (χ2v) is 10.0. The van der Waals surface area contributed by atoms with Crippen LogP contribution in [0.1, 0.15) is 74.2 Å². The molecule has 2 aliphatic heterocycles. The molecule has 0 aromatic heterocycles. The molecule has 2 heterocycles. The number of benzene rings is 1. The van der Waals surface area contributed by atoms with E-state index in [-0.39, 0.29) is 18.2 Å². The Morgan fingerprint density at radius 1 is 1.25 bits per heavy atom. The second-order valence-electron chi connectivity index (χ2n) is 8.88. The van der Waals surface area contributed by atoms with Gasteiger partial charge in [-0.3, -0.25) is 9.59 Å². The largest absolute Gasteiger partial charge is 0.357 e. The zero-order valence-corrected chi connectivity index (χ0v) is 20.3. The van der Waals surface area contributed by atoms with Crippen LogP contribution >= 0.6 is 11.8 Å². The van der Waals surface area contributed by atoms with Crippen LogP contribution in [0.4, 0.5) is 0 Å². The van der Waals surface area contributed by atoms with Crippen molar-refractivity contribution in [2.45, 2.75) is 81.8 Å². The number of nitrogens with one attached hydrogen (secondary N) is 1. The average molecular weight is 460 g/mol. The van der Waals surface area contributed by atoms with E-state index in [4.69, 9.17) is 0 Å². The predicted octanol–water partition coefficient (Wildman–Crippen LogP) is 3.87. The van der Waals surface area contributed by atoms with E-state index in [1.54, 1.807) is 11.9 Å². The molecule has 1 aromatic rings. The fraction of sp³-hybridized carbons (Fsp3) is 0.640. The monoisotopic (exact) mass is 459 g/mol. The van der Waals surface area contributed by atoms with Gasteiger partial charge in [-0.05, 0) is 69.1 Å². The summed E-state index contributed by atoms with van der Waals surface area (Å²) >= 11 is 1.81. The van der Waals surface area contributed by atoms with E-state index in [1.165, 1.54) is 51.6 Å². The summed E-state index contributed by atoms with van der Waals surface area (Å²) in [5, 5.41) is 2.63. The maximum Gasteiger partial charge on any atom is 0.255 e. The minimum absolute atomic E-state index is 0.113. The van der Waals surface area contributed by atoms with Crippen LogP contribution in [0.2, 0.25) is 0 Å². The Balaban J connectivity index is 1.45. The first-order valence-electron chi connectivity index (χ1n) is 12.0. The van der Waals surface area contributed by atoms with Gasteiger partial charge in [0, 0.05) is 36.5 Å². The molecule has 1 N–H and O–H groups in total. The van der Waals surface area contributed by atoms with Crippen LogP contribution in [0.15, 0.2) is 23.1 Å². The topological polar surface area (TPSA) is 69.7 Å². The molecule has 1 fully saturated rings. The number of unbranched alkanes of at least 4 members (excludes halogenated alkanes) is 4. The molecule has 7 heteroatoms. The second kappa shape index (κ2) is 12.4. The Labute approximate surface area is 196 Å². The van der Waals surface area contributed by atoms with Crippen LogP contribution in [0.5, 0.6) is 0 Å². The number of hydrogen-bond donors (Lipinski definition) is 1. The van der Waals surface area contributed by atoms with Crippen LogP contribution in [0.3, 0.4) is 0 Å². The number of nitrogens with zero attached hydrogens (tertiary/aromatic N) is 2. The SMILES string of the molecule is CNC(=O)C(CCC=O)N1Cc2c(SCCCCCCCN3CCC3C)cccc2C1=O. The number of thioether (sulfide) groups is 1. The number of carbonyl (C=O) groups excluding carboxylic acids is 3. The Hall–Kier alpha value is -1.86. The highest BCUT2D eigenvalue weighted by Gasteiger charge is 2.36. The summed E-state index contributed by atoms with van der Waals surface area (Å²) in [5.74, 6) is 0.710. The fourth-order valence-corrected chi connectivity index (χ4v) is 5.66. The third-order valence-corrected chi connectivity index (χ3v) is 7.93. The van der Waals surface area contributed by atoms with Crippen molar-refractivity contribution < 1.29 is 14.4 Å². The lowest BCUT2D eigenvalue weighted by atomic mass is 10.0. The summed E-state index contributed by atoms with van der Waals surface area (Å²) < 4.78 is 0. The highest BCUT2D eigenvalue weighted by atomic mass is 32.2. The Kier molecular flexibility index (Phi) is 9.60. The van der Waals surface area contributed by atoms with Crippen molar-refractivity contribution in [1.29, 1.82) is 0 Å². The van der Waals surface area contributed by atoms with Gasteiger partial charge in [-0.1, -0.05) is 25.3 Å². The molecule has 1 aromatic carbocycles. The van der Waals surface area contributed by atoms with Gasteiger partial charge in [0.2, 0.25) is 5.91 Å². The van der Waals surface area contributed by atoms with Gasteiger partial charge in [0.05, 0.1) is 0 Å². The Morgan fingerprint density at radius 3 is 2.72 bits per heavy atom. The molecule has 0 bridgehead atoms. The number of likely N-dealkylation sites (tertiary alicyclic amines) is 1. The van der Waals surface area contributed by atoms with Crippen molar-refractivity contribution in [3.05, 3.63) is 29.3 Å². The van der Waals surface area contributed by atoms with E-state index < -0.39 is 6.04 Å². The van der Waals surface area contributed by atoms with E-state index >= 15 is 0 Å². The minimum Gasteiger partial charge on any atom is -0.357 e. The molecule has 1 saturated heterocycles. The van der Waals surface area contributed by atoms with E-state index in [2.05, 4.69) is 23.2 Å². The smallest absolute Gasteiger partial charge is 0.255 e. The first-order valence-corrected chi connectivity index (χ1v) is 13.0. The summed E-state index contributed by atoms with van der Waals surface area (Å²) in [6.45, 7) is 5.28. The highest BCUT2D eigenvalue weighted by molar-refractivity contribution is 7.99. The standard InChI is InChI=1S/C25H37N3O3S/c1-19-13-15-27(19)14-6-4-3-5-7-17-32-23-12-8-10-20-21(23)18-28(25(20)31)22(11-9-16-29)24(30)26-2/h8,10,12,16,19,22H,3-7,9,11,13-15,17-18H2,1-2H3,(H,26,30). The molecule has 2 amide bonds. The predicted molar refractivity (Wildman–Crippen MR) is 129 cm³/mol. The zero-order chi connectivity index (χ0) is 22.9. The molecule has 6 nitrogen and oxygen atoms in total. The van der Waals surface area contributed by atoms with E-state index in [1.807, 2.05) is 23.9 Å². The molecule has 0 radical (unpaired) electrons. The number of likely N-dealkylation sites (N-methyl/N-ethyl adjacent to an activating group) is 1. The van der Waals surface area contributed by atoms with E-state index in [0.717, 1.165) is 28.5 Å². The lowest BCUT2D eigenvalue weighted by Gasteiger charge is -2.38. The first-order chi connectivity index (χ1) is 15.6. The van der Waals surface area contributed by atoms with Gasteiger partial charge in [-0.15, -0.1) is 11.8 Å². The summed E-state index contributed by atoms with van der Waals surface area (Å²) in [4.78, 5) is 41.5. The maximum absolute atomic E-state index is 13.0. The number of rotatable bonds is 14.